The third-order valence-electron chi connectivity index (χ3n) is 2.26. The van der Waals surface area contributed by atoms with E-state index in [9.17, 15) is 9.18 Å². The molecule has 1 aromatic carbocycles. The lowest BCUT2D eigenvalue weighted by Gasteiger charge is -2.16. The van der Waals surface area contributed by atoms with Gasteiger partial charge in [-0.15, -0.1) is 6.58 Å². The van der Waals surface area contributed by atoms with E-state index in [4.69, 9.17) is 0 Å². The van der Waals surface area contributed by atoms with E-state index in [1.165, 1.54) is 6.07 Å². The van der Waals surface area contributed by atoms with Crippen molar-refractivity contribution in [1.82, 2.24) is 10.2 Å². The predicted octanol–water partition coefficient (Wildman–Crippen LogP) is 1.56. The zero-order valence-electron chi connectivity index (χ0n) is 9.95. The molecule has 0 heterocycles. The van der Waals surface area contributed by atoms with Gasteiger partial charge in [-0.05, 0) is 13.1 Å². The molecule has 0 aliphatic heterocycles. The second kappa shape index (κ2) is 6.81. The minimum Gasteiger partial charge on any atom is -0.352 e. The monoisotopic (exact) mass is 236 g/mol. The molecule has 0 aliphatic carbocycles. The smallest absolute Gasteiger partial charge is 0.234 e. The molecule has 1 aromatic rings. The number of hydrogen-bond acceptors (Lipinski definition) is 2. The van der Waals surface area contributed by atoms with Crippen molar-refractivity contribution < 1.29 is 9.18 Å². The molecule has 0 unspecified atom stereocenters. The molecule has 1 rings (SSSR count). The van der Waals surface area contributed by atoms with Crippen LogP contribution < -0.4 is 5.32 Å². The van der Waals surface area contributed by atoms with E-state index < -0.39 is 0 Å². The summed E-state index contributed by atoms with van der Waals surface area (Å²) in [5.74, 6) is -0.338. The van der Waals surface area contributed by atoms with Crippen LogP contribution in [0, 0.1) is 5.82 Å². The summed E-state index contributed by atoms with van der Waals surface area (Å²) in [6, 6.07) is 6.56. The van der Waals surface area contributed by atoms with Crippen LogP contribution in [0.25, 0.3) is 0 Å². The molecule has 4 heteroatoms. The SMILES string of the molecule is C=CCNC(=O)CN(C)Cc1ccccc1F. The number of carbonyl (C=O) groups excluding carboxylic acids is 1. The van der Waals surface area contributed by atoms with Gasteiger partial charge in [0.1, 0.15) is 5.82 Å². The van der Waals surface area contributed by atoms with Gasteiger partial charge in [0, 0.05) is 18.7 Å². The molecule has 0 atom stereocenters. The van der Waals surface area contributed by atoms with Crippen LogP contribution in [-0.2, 0) is 11.3 Å². The highest BCUT2D eigenvalue weighted by molar-refractivity contribution is 5.78. The first-order chi connectivity index (χ1) is 8.13. The van der Waals surface area contributed by atoms with Crippen LogP contribution in [-0.4, -0.2) is 30.9 Å². The Kier molecular flexibility index (Phi) is 5.36. The number of nitrogens with zero attached hydrogens (tertiary/aromatic N) is 1. The first kappa shape index (κ1) is 13.4. The summed E-state index contributed by atoms with van der Waals surface area (Å²) in [6.45, 7) is 4.61. The number of benzene rings is 1. The minimum atomic E-state index is -0.245. The van der Waals surface area contributed by atoms with Crippen molar-refractivity contribution in [3.63, 3.8) is 0 Å². The van der Waals surface area contributed by atoms with Crippen LogP contribution in [0.2, 0.25) is 0 Å². The van der Waals surface area contributed by atoms with E-state index in [-0.39, 0.29) is 18.3 Å². The van der Waals surface area contributed by atoms with E-state index in [0.29, 0.717) is 18.7 Å². The maximum absolute atomic E-state index is 13.3. The fraction of sp³-hybridized carbons (Fsp3) is 0.308. The average molecular weight is 236 g/mol. The highest BCUT2D eigenvalue weighted by Gasteiger charge is 2.08. The molecule has 0 radical (unpaired) electrons. The van der Waals surface area contributed by atoms with Crippen molar-refractivity contribution in [3.05, 3.63) is 48.3 Å². The molecule has 17 heavy (non-hydrogen) atoms. The lowest BCUT2D eigenvalue weighted by Crippen LogP contribution is -2.35. The Labute approximate surface area is 101 Å². The standard InChI is InChI=1S/C13H17FN2O/c1-3-8-15-13(17)10-16(2)9-11-6-4-5-7-12(11)14/h3-7H,1,8-10H2,2H3,(H,15,17). The summed E-state index contributed by atoms with van der Waals surface area (Å²) in [5, 5.41) is 2.67. The Hall–Kier alpha value is -1.68. The Bertz CT molecular complexity index is 393. The van der Waals surface area contributed by atoms with E-state index in [0.717, 1.165) is 0 Å². The Morgan fingerprint density at radius 2 is 2.24 bits per heavy atom. The minimum absolute atomic E-state index is 0.0938. The third-order valence-corrected chi connectivity index (χ3v) is 2.26. The Morgan fingerprint density at radius 1 is 1.53 bits per heavy atom. The molecular weight excluding hydrogens is 219 g/mol. The molecule has 0 saturated heterocycles. The van der Waals surface area contributed by atoms with Crippen LogP contribution in [0.1, 0.15) is 5.56 Å². The van der Waals surface area contributed by atoms with E-state index in [2.05, 4.69) is 11.9 Å². The molecule has 1 amide bonds. The molecule has 0 aromatic heterocycles. The normalized spacial score (nSPS) is 10.3. The Morgan fingerprint density at radius 3 is 2.88 bits per heavy atom. The van der Waals surface area contributed by atoms with E-state index in [1.54, 1.807) is 36.2 Å². The maximum atomic E-state index is 13.3. The van der Waals surface area contributed by atoms with Crippen molar-refractivity contribution >= 4 is 5.91 Å². The highest BCUT2D eigenvalue weighted by Crippen LogP contribution is 2.08. The number of halogens is 1. The van der Waals surface area contributed by atoms with Gasteiger partial charge < -0.3 is 5.32 Å². The van der Waals surface area contributed by atoms with Gasteiger partial charge in [-0.3, -0.25) is 9.69 Å². The first-order valence-corrected chi connectivity index (χ1v) is 5.43. The Balaban J connectivity index is 2.44. The van der Waals surface area contributed by atoms with Crippen LogP contribution in [0.4, 0.5) is 4.39 Å². The second-order valence-electron chi connectivity index (χ2n) is 3.86. The molecule has 0 aliphatic rings. The van der Waals surface area contributed by atoms with Crippen molar-refractivity contribution in [3.8, 4) is 0 Å². The van der Waals surface area contributed by atoms with Gasteiger partial charge in [0.25, 0.3) is 0 Å². The van der Waals surface area contributed by atoms with Crippen LogP contribution in [0.5, 0.6) is 0 Å². The lowest BCUT2D eigenvalue weighted by atomic mass is 10.2. The van der Waals surface area contributed by atoms with Crippen molar-refractivity contribution in [1.29, 1.82) is 0 Å². The maximum Gasteiger partial charge on any atom is 0.234 e. The molecule has 0 spiro atoms. The molecular formula is C13H17FN2O. The highest BCUT2D eigenvalue weighted by atomic mass is 19.1. The van der Waals surface area contributed by atoms with Gasteiger partial charge in [-0.2, -0.15) is 0 Å². The average Bonchev–Trinajstić information content (AvgIpc) is 2.29. The number of hydrogen-bond donors (Lipinski definition) is 1. The molecule has 0 saturated carbocycles. The zero-order valence-corrected chi connectivity index (χ0v) is 9.95. The summed E-state index contributed by atoms with van der Waals surface area (Å²) in [7, 11) is 1.78. The molecule has 3 nitrogen and oxygen atoms in total. The van der Waals surface area contributed by atoms with E-state index >= 15 is 0 Å². The number of rotatable bonds is 6. The van der Waals surface area contributed by atoms with Crippen molar-refractivity contribution in [2.75, 3.05) is 20.1 Å². The summed E-state index contributed by atoms with van der Waals surface area (Å²) in [6.07, 6.45) is 1.62. The van der Waals surface area contributed by atoms with Gasteiger partial charge in [0.05, 0.1) is 6.54 Å². The molecule has 92 valence electrons. The second-order valence-corrected chi connectivity index (χ2v) is 3.86. The lowest BCUT2D eigenvalue weighted by molar-refractivity contribution is -0.121. The predicted molar refractivity (Wildman–Crippen MR) is 65.9 cm³/mol. The first-order valence-electron chi connectivity index (χ1n) is 5.43. The summed E-state index contributed by atoms with van der Waals surface area (Å²) < 4.78 is 13.3. The summed E-state index contributed by atoms with van der Waals surface area (Å²) in [4.78, 5) is 13.2. The van der Waals surface area contributed by atoms with Gasteiger partial charge in [-0.1, -0.05) is 24.3 Å². The van der Waals surface area contributed by atoms with Gasteiger partial charge in [0.2, 0.25) is 5.91 Å². The number of likely N-dealkylation sites (N-methyl/N-ethyl adjacent to an activating group) is 1. The van der Waals surface area contributed by atoms with Crippen LogP contribution in [0.3, 0.4) is 0 Å². The van der Waals surface area contributed by atoms with Gasteiger partial charge in [-0.25, -0.2) is 4.39 Å². The fourth-order valence-electron chi connectivity index (χ4n) is 1.46. The molecule has 0 fully saturated rings. The van der Waals surface area contributed by atoms with Gasteiger partial charge >= 0.3 is 0 Å². The number of carbonyl (C=O) groups is 1. The quantitative estimate of drug-likeness (QED) is 0.760. The molecule has 1 N–H and O–H groups in total. The fourth-order valence-corrected chi connectivity index (χ4v) is 1.46. The van der Waals surface area contributed by atoms with Gasteiger partial charge in [0.15, 0.2) is 0 Å². The zero-order chi connectivity index (χ0) is 12.7. The topological polar surface area (TPSA) is 32.3 Å². The molecule has 0 bridgehead atoms. The van der Waals surface area contributed by atoms with E-state index in [1.807, 2.05) is 0 Å². The van der Waals surface area contributed by atoms with Crippen LogP contribution in [0.15, 0.2) is 36.9 Å². The van der Waals surface area contributed by atoms with Crippen molar-refractivity contribution in [2.45, 2.75) is 6.54 Å². The van der Waals surface area contributed by atoms with Crippen molar-refractivity contribution in [2.24, 2.45) is 0 Å². The van der Waals surface area contributed by atoms with Crippen LogP contribution >= 0.6 is 0 Å². The summed E-state index contributed by atoms with van der Waals surface area (Å²) >= 11 is 0. The third kappa shape index (κ3) is 4.78. The number of amides is 1. The number of nitrogens with one attached hydrogen (secondary N) is 1. The summed E-state index contributed by atoms with van der Waals surface area (Å²) in [5.41, 5.74) is 0.589. The largest absolute Gasteiger partial charge is 0.352 e.